The van der Waals surface area contributed by atoms with Gasteiger partial charge in [-0.15, -0.1) is 0 Å². The number of hydrogen-bond acceptors (Lipinski definition) is 5. The van der Waals surface area contributed by atoms with Crippen LogP contribution in [0.3, 0.4) is 0 Å². The number of aryl methyl sites for hydroxylation is 1. The molecule has 1 aromatic rings. The van der Waals surface area contributed by atoms with Crippen molar-refractivity contribution >= 4 is 15.8 Å². The molecule has 6 nitrogen and oxygen atoms in total. The highest BCUT2D eigenvalue weighted by Gasteiger charge is 2.32. The maximum Gasteiger partial charge on any atom is 0.211 e. The minimum Gasteiger partial charge on any atom is -0.356 e. The Hall–Kier alpha value is -1.21. The maximum absolute atomic E-state index is 11.9. The van der Waals surface area contributed by atoms with Gasteiger partial charge >= 0.3 is 0 Å². The van der Waals surface area contributed by atoms with E-state index in [4.69, 9.17) is 9.97 Å². The summed E-state index contributed by atoms with van der Waals surface area (Å²) in [6, 6.07) is 0. The van der Waals surface area contributed by atoms with Crippen molar-refractivity contribution in [3.05, 3.63) is 17.1 Å². The topological polar surface area (TPSA) is 66.4 Å². The van der Waals surface area contributed by atoms with E-state index in [1.807, 2.05) is 0 Å². The smallest absolute Gasteiger partial charge is 0.211 e. The third-order valence-electron chi connectivity index (χ3n) is 5.76. The normalized spacial score (nSPS) is 25.0. The Morgan fingerprint density at radius 3 is 2.64 bits per heavy atom. The lowest BCUT2D eigenvalue weighted by Crippen LogP contribution is -2.39. The van der Waals surface area contributed by atoms with Crippen molar-refractivity contribution in [3.63, 3.8) is 0 Å². The first-order valence-corrected chi connectivity index (χ1v) is 11.3. The highest BCUT2D eigenvalue weighted by atomic mass is 32.2. The Morgan fingerprint density at radius 1 is 1.12 bits per heavy atom. The van der Waals surface area contributed by atoms with Crippen LogP contribution in [0.25, 0.3) is 0 Å². The summed E-state index contributed by atoms with van der Waals surface area (Å²) in [4.78, 5) is 12.2. The van der Waals surface area contributed by atoms with Gasteiger partial charge < -0.3 is 4.90 Å². The average molecular weight is 365 g/mol. The highest BCUT2D eigenvalue weighted by Crippen LogP contribution is 2.36. The Kier molecular flexibility index (Phi) is 4.48. The second-order valence-electron chi connectivity index (χ2n) is 7.92. The zero-order valence-electron chi connectivity index (χ0n) is 15.2. The number of hydrogen-bond donors (Lipinski definition) is 0. The zero-order chi connectivity index (χ0) is 17.6. The van der Waals surface area contributed by atoms with Gasteiger partial charge in [-0.05, 0) is 51.4 Å². The van der Waals surface area contributed by atoms with Crippen LogP contribution in [0.2, 0.25) is 0 Å². The van der Waals surface area contributed by atoms with Crippen LogP contribution in [0, 0.1) is 12.8 Å². The van der Waals surface area contributed by atoms with E-state index in [1.54, 1.807) is 4.31 Å². The van der Waals surface area contributed by atoms with Gasteiger partial charge in [0.25, 0.3) is 0 Å². The quantitative estimate of drug-likeness (QED) is 0.818. The molecule has 1 aliphatic carbocycles. The van der Waals surface area contributed by atoms with E-state index in [0.717, 1.165) is 55.6 Å². The van der Waals surface area contributed by atoms with Crippen molar-refractivity contribution in [2.45, 2.75) is 51.4 Å². The molecule has 4 rings (SSSR count). The molecule has 0 amide bonds. The van der Waals surface area contributed by atoms with Crippen LogP contribution in [0.4, 0.5) is 5.82 Å². The van der Waals surface area contributed by atoms with Crippen molar-refractivity contribution in [2.75, 3.05) is 37.3 Å². The molecule has 1 atom stereocenters. The van der Waals surface area contributed by atoms with E-state index in [1.165, 1.54) is 31.1 Å². The van der Waals surface area contributed by atoms with Gasteiger partial charge in [-0.3, -0.25) is 0 Å². The molecule has 7 heteroatoms. The maximum atomic E-state index is 11.9. The molecule has 1 unspecified atom stereocenters. The van der Waals surface area contributed by atoms with Gasteiger partial charge in [0, 0.05) is 43.4 Å². The number of sulfonamides is 1. The fraction of sp³-hybridized carbons (Fsp3) is 0.778. The van der Waals surface area contributed by atoms with Crippen molar-refractivity contribution in [1.29, 1.82) is 0 Å². The highest BCUT2D eigenvalue weighted by molar-refractivity contribution is 7.88. The first kappa shape index (κ1) is 17.2. The van der Waals surface area contributed by atoms with Gasteiger partial charge in [0.1, 0.15) is 11.6 Å². The lowest BCUT2D eigenvalue weighted by Gasteiger charge is -2.34. The minimum absolute atomic E-state index is 0.108. The minimum atomic E-state index is -3.15. The van der Waals surface area contributed by atoms with Crippen molar-refractivity contribution in [1.82, 2.24) is 14.3 Å². The predicted molar refractivity (Wildman–Crippen MR) is 98.4 cm³/mol. The fourth-order valence-corrected chi connectivity index (χ4v) is 5.05. The molecule has 0 radical (unpaired) electrons. The van der Waals surface area contributed by atoms with Crippen LogP contribution in [0.5, 0.6) is 0 Å². The number of rotatable bonds is 4. The third-order valence-corrected chi connectivity index (χ3v) is 7.03. The van der Waals surface area contributed by atoms with Gasteiger partial charge in [-0.25, -0.2) is 22.7 Å². The van der Waals surface area contributed by atoms with E-state index < -0.39 is 10.0 Å². The standard InChI is InChI=1S/C18H28N4O2S/c1-13-16-6-4-9-21(11-14-7-8-14)18(16)20-17(19-13)15-5-3-10-22(12-15)25(2,23)24/h14-15H,3-12H2,1-2H3. The van der Waals surface area contributed by atoms with Crippen LogP contribution >= 0.6 is 0 Å². The summed E-state index contributed by atoms with van der Waals surface area (Å²) in [5, 5.41) is 0. The molecule has 1 saturated heterocycles. The van der Waals surface area contributed by atoms with E-state index >= 15 is 0 Å². The third kappa shape index (κ3) is 3.67. The molecule has 3 aliphatic rings. The van der Waals surface area contributed by atoms with Crippen molar-refractivity contribution < 1.29 is 8.42 Å². The molecular weight excluding hydrogens is 336 g/mol. The number of fused-ring (bicyclic) bond motifs is 1. The second-order valence-corrected chi connectivity index (χ2v) is 9.90. The summed E-state index contributed by atoms with van der Waals surface area (Å²) in [5.74, 6) is 2.90. The lowest BCUT2D eigenvalue weighted by atomic mass is 9.97. The van der Waals surface area contributed by atoms with Gasteiger partial charge in [0.15, 0.2) is 0 Å². The molecule has 3 heterocycles. The summed E-state index contributed by atoms with van der Waals surface area (Å²) in [6.45, 7) is 5.41. The number of aromatic nitrogens is 2. The average Bonchev–Trinajstić information content (AvgIpc) is 3.39. The first-order chi connectivity index (χ1) is 11.9. The molecule has 138 valence electrons. The van der Waals surface area contributed by atoms with E-state index in [9.17, 15) is 8.42 Å². The van der Waals surface area contributed by atoms with Crippen LogP contribution < -0.4 is 4.90 Å². The number of nitrogens with zero attached hydrogens (tertiary/aromatic N) is 4. The van der Waals surface area contributed by atoms with E-state index in [-0.39, 0.29) is 5.92 Å². The largest absolute Gasteiger partial charge is 0.356 e. The van der Waals surface area contributed by atoms with E-state index in [2.05, 4.69) is 11.8 Å². The predicted octanol–water partition coefficient (Wildman–Crippen LogP) is 2.09. The number of anilines is 1. The van der Waals surface area contributed by atoms with Gasteiger partial charge in [0.05, 0.1) is 6.26 Å². The fourth-order valence-electron chi connectivity index (χ4n) is 4.14. The number of piperidine rings is 1. The van der Waals surface area contributed by atoms with Crippen LogP contribution in [-0.4, -0.2) is 55.1 Å². The first-order valence-electron chi connectivity index (χ1n) is 9.49. The van der Waals surface area contributed by atoms with Gasteiger partial charge in [-0.1, -0.05) is 0 Å². The summed E-state index contributed by atoms with van der Waals surface area (Å²) in [6.07, 6.45) is 8.06. The van der Waals surface area contributed by atoms with Crippen molar-refractivity contribution in [3.8, 4) is 0 Å². The molecular formula is C18H28N4O2S. The van der Waals surface area contributed by atoms with Crippen LogP contribution in [0.15, 0.2) is 0 Å². The van der Waals surface area contributed by atoms with Gasteiger partial charge in [0.2, 0.25) is 10.0 Å². The van der Waals surface area contributed by atoms with Crippen LogP contribution in [-0.2, 0) is 16.4 Å². The molecule has 0 spiro atoms. The van der Waals surface area contributed by atoms with E-state index in [0.29, 0.717) is 13.1 Å². The Labute approximate surface area is 150 Å². The monoisotopic (exact) mass is 364 g/mol. The zero-order valence-corrected chi connectivity index (χ0v) is 16.1. The SMILES string of the molecule is Cc1nc(C2CCCN(S(C)(=O)=O)C2)nc2c1CCCN2CC1CC1. The molecule has 0 bridgehead atoms. The Bertz CT molecular complexity index is 761. The van der Waals surface area contributed by atoms with Crippen LogP contribution in [0.1, 0.15) is 55.1 Å². The molecule has 2 fully saturated rings. The molecule has 25 heavy (non-hydrogen) atoms. The van der Waals surface area contributed by atoms with Crippen molar-refractivity contribution in [2.24, 2.45) is 5.92 Å². The summed E-state index contributed by atoms with van der Waals surface area (Å²) >= 11 is 0. The molecule has 0 aromatic carbocycles. The lowest BCUT2D eigenvalue weighted by molar-refractivity contribution is 0.310. The summed E-state index contributed by atoms with van der Waals surface area (Å²) < 4.78 is 25.4. The summed E-state index contributed by atoms with van der Waals surface area (Å²) in [5.41, 5.74) is 2.38. The molecule has 1 aromatic heterocycles. The molecule has 0 N–H and O–H groups in total. The Morgan fingerprint density at radius 2 is 1.92 bits per heavy atom. The second kappa shape index (κ2) is 6.50. The summed E-state index contributed by atoms with van der Waals surface area (Å²) in [7, 11) is -3.15. The van der Waals surface area contributed by atoms with Gasteiger partial charge in [-0.2, -0.15) is 0 Å². The molecule has 2 aliphatic heterocycles. The molecule has 1 saturated carbocycles. The Balaban J connectivity index is 1.63.